The summed E-state index contributed by atoms with van der Waals surface area (Å²) < 4.78 is 13.2. The minimum absolute atomic E-state index is 0.0809. The Labute approximate surface area is 122 Å². The number of fused-ring (bicyclic) bond motifs is 1. The second-order valence-corrected chi connectivity index (χ2v) is 6.54. The fraction of sp³-hybridized carbons (Fsp3) is 0.375. The second kappa shape index (κ2) is 5.54. The van der Waals surface area contributed by atoms with E-state index in [1.165, 1.54) is 52.8 Å². The summed E-state index contributed by atoms with van der Waals surface area (Å²) >= 11 is 1.87. The summed E-state index contributed by atoms with van der Waals surface area (Å²) in [7, 11) is 0. The Bertz CT molecular complexity index is 601. The molecule has 0 bridgehead atoms. The van der Waals surface area contributed by atoms with Crippen LogP contribution in [0.15, 0.2) is 24.3 Å². The van der Waals surface area contributed by atoms with Crippen LogP contribution in [-0.2, 0) is 19.4 Å². The van der Waals surface area contributed by atoms with Gasteiger partial charge in [-0.05, 0) is 56.0 Å². The highest BCUT2D eigenvalue weighted by Crippen LogP contribution is 2.31. The van der Waals surface area contributed by atoms with Crippen molar-refractivity contribution in [2.75, 3.05) is 0 Å². The van der Waals surface area contributed by atoms with Gasteiger partial charge in [0.15, 0.2) is 0 Å². The molecule has 1 heterocycles. The zero-order valence-electron chi connectivity index (χ0n) is 11.4. The Kier molecular flexibility index (Phi) is 3.76. The lowest BCUT2D eigenvalue weighted by Crippen LogP contribution is -2.17. The van der Waals surface area contributed by atoms with Gasteiger partial charge in [0.25, 0.3) is 0 Å². The number of aryl methyl sites for hydroxylation is 2. The first kappa shape index (κ1) is 13.6. The molecule has 106 valence electrons. The number of nitrogens with one attached hydrogen (secondary N) is 1. The van der Waals surface area contributed by atoms with Gasteiger partial charge in [-0.15, -0.1) is 11.3 Å². The molecule has 1 aromatic carbocycles. The molecule has 1 unspecified atom stereocenters. The molecule has 1 aliphatic carbocycles. The van der Waals surface area contributed by atoms with E-state index in [-0.39, 0.29) is 17.6 Å². The van der Waals surface area contributed by atoms with Crippen LogP contribution in [0.25, 0.3) is 0 Å². The lowest BCUT2D eigenvalue weighted by Gasteiger charge is -2.15. The maximum atomic E-state index is 13.2. The van der Waals surface area contributed by atoms with Crippen LogP contribution in [0, 0.1) is 5.82 Å². The van der Waals surface area contributed by atoms with Crippen molar-refractivity contribution >= 4 is 11.3 Å². The first-order chi connectivity index (χ1) is 9.63. The van der Waals surface area contributed by atoms with Gasteiger partial charge in [0.1, 0.15) is 11.6 Å². The minimum atomic E-state index is -0.318. The van der Waals surface area contributed by atoms with Crippen LogP contribution < -0.4 is 5.32 Å². The molecule has 0 amide bonds. The van der Waals surface area contributed by atoms with Crippen molar-refractivity contribution < 1.29 is 9.50 Å². The Morgan fingerprint density at radius 1 is 1.35 bits per heavy atom. The number of halogens is 1. The highest BCUT2D eigenvalue weighted by Gasteiger charge is 2.16. The topological polar surface area (TPSA) is 32.3 Å². The predicted octanol–water partition coefficient (Wildman–Crippen LogP) is 3.93. The first-order valence-corrected chi connectivity index (χ1v) is 7.77. The van der Waals surface area contributed by atoms with Crippen LogP contribution in [0.3, 0.4) is 0 Å². The van der Waals surface area contributed by atoms with Gasteiger partial charge < -0.3 is 10.4 Å². The number of thiophene rings is 1. The summed E-state index contributed by atoms with van der Waals surface area (Å²) in [6.45, 7) is 2.70. The first-order valence-electron chi connectivity index (χ1n) is 6.96. The molecule has 1 aliphatic rings. The van der Waals surface area contributed by atoms with Crippen molar-refractivity contribution in [3.63, 3.8) is 0 Å². The molecule has 0 saturated carbocycles. The third kappa shape index (κ3) is 2.72. The summed E-state index contributed by atoms with van der Waals surface area (Å²) in [4.78, 5) is 2.83. The van der Waals surface area contributed by atoms with Gasteiger partial charge >= 0.3 is 0 Å². The van der Waals surface area contributed by atoms with E-state index in [1.54, 1.807) is 0 Å². The van der Waals surface area contributed by atoms with Crippen molar-refractivity contribution in [1.29, 1.82) is 0 Å². The molecular formula is C16H18FNOS. The van der Waals surface area contributed by atoms with E-state index in [4.69, 9.17) is 0 Å². The average molecular weight is 291 g/mol. The molecule has 1 aromatic heterocycles. The Balaban J connectivity index is 1.66. The quantitative estimate of drug-likeness (QED) is 0.894. The SMILES string of the molecule is CC(NCc1cc2c(s1)CCC2)c1cc(F)ccc1O. The van der Waals surface area contributed by atoms with E-state index < -0.39 is 0 Å². The predicted molar refractivity (Wildman–Crippen MR) is 79.7 cm³/mol. The van der Waals surface area contributed by atoms with Gasteiger partial charge in [-0.2, -0.15) is 0 Å². The zero-order valence-corrected chi connectivity index (χ0v) is 12.3. The summed E-state index contributed by atoms with van der Waals surface area (Å²) in [6.07, 6.45) is 3.69. The molecular weight excluding hydrogens is 273 g/mol. The largest absolute Gasteiger partial charge is 0.508 e. The molecule has 4 heteroatoms. The van der Waals surface area contributed by atoms with Crippen LogP contribution in [-0.4, -0.2) is 5.11 Å². The minimum Gasteiger partial charge on any atom is -0.508 e. The Morgan fingerprint density at radius 3 is 3.00 bits per heavy atom. The van der Waals surface area contributed by atoms with Crippen molar-refractivity contribution in [3.8, 4) is 5.75 Å². The smallest absolute Gasteiger partial charge is 0.123 e. The standard InChI is InChI=1S/C16H18FNOS/c1-10(14-8-12(17)5-6-15(14)19)18-9-13-7-11-3-2-4-16(11)20-13/h5-8,10,18-19H,2-4,9H2,1H3. The summed E-state index contributed by atoms with van der Waals surface area (Å²) in [6, 6.07) is 6.26. The molecule has 0 spiro atoms. The van der Waals surface area contributed by atoms with Crippen molar-refractivity contribution in [3.05, 3.63) is 51.0 Å². The number of hydrogen-bond acceptors (Lipinski definition) is 3. The van der Waals surface area contributed by atoms with E-state index in [0.29, 0.717) is 5.56 Å². The summed E-state index contributed by atoms with van der Waals surface area (Å²) in [5.74, 6) is -0.179. The molecule has 3 rings (SSSR count). The number of benzene rings is 1. The van der Waals surface area contributed by atoms with Crippen LogP contribution in [0.1, 0.15) is 40.3 Å². The summed E-state index contributed by atoms with van der Waals surface area (Å²) in [5.41, 5.74) is 2.10. The maximum Gasteiger partial charge on any atom is 0.123 e. The van der Waals surface area contributed by atoms with Gasteiger partial charge in [-0.25, -0.2) is 4.39 Å². The molecule has 2 aromatic rings. The van der Waals surface area contributed by atoms with E-state index in [0.717, 1.165) is 6.54 Å². The number of phenolic OH excluding ortho intramolecular Hbond substituents is 1. The monoisotopic (exact) mass is 291 g/mol. The van der Waals surface area contributed by atoms with Crippen molar-refractivity contribution in [1.82, 2.24) is 5.32 Å². The van der Waals surface area contributed by atoms with Gasteiger partial charge in [-0.3, -0.25) is 0 Å². The van der Waals surface area contributed by atoms with Crippen LogP contribution >= 0.6 is 11.3 Å². The van der Waals surface area contributed by atoms with Crippen molar-refractivity contribution in [2.45, 2.75) is 38.8 Å². The van der Waals surface area contributed by atoms with Crippen molar-refractivity contribution in [2.24, 2.45) is 0 Å². The lowest BCUT2D eigenvalue weighted by molar-refractivity contribution is 0.449. The highest BCUT2D eigenvalue weighted by molar-refractivity contribution is 7.12. The molecule has 20 heavy (non-hydrogen) atoms. The van der Waals surface area contributed by atoms with Crippen LogP contribution in [0.5, 0.6) is 5.75 Å². The molecule has 2 nitrogen and oxygen atoms in total. The fourth-order valence-electron chi connectivity index (χ4n) is 2.71. The average Bonchev–Trinajstić information content (AvgIpc) is 2.99. The van der Waals surface area contributed by atoms with Gasteiger partial charge in [0, 0.05) is 27.9 Å². The fourth-order valence-corrected chi connectivity index (χ4v) is 3.93. The highest BCUT2D eigenvalue weighted by atomic mass is 32.1. The molecule has 1 atom stereocenters. The number of aromatic hydroxyl groups is 1. The number of phenols is 1. The number of rotatable bonds is 4. The molecule has 2 N–H and O–H groups in total. The van der Waals surface area contributed by atoms with Crippen LogP contribution in [0.2, 0.25) is 0 Å². The van der Waals surface area contributed by atoms with E-state index in [9.17, 15) is 9.50 Å². The summed E-state index contributed by atoms with van der Waals surface area (Å²) in [5, 5.41) is 13.1. The second-order valence-electron chi connectivity index (χ2n) is 5.32. The van der Waals surface area contributed by atoms with E-state index in [1.807, 2.05) is 18.3 Å². The zero-order chi connectivity index (χ0) is 14.1. The van der Waals surface area contributed by atoms with Gasteiger partial charge in [0.05, 0.1) is 0 Å². The third-order valence-electron chi connectivity index (χ3n) is 3.84. The van der Waals surface area contributed by atoms with Crippen LogP contribution in [0.4, 0.5) is 4.39 Å². The van der Waals surface area contributed by atoms with Gasteiger partial charge in [0.2, 0.25) is 0 Å². The lowest BCUT2D eigenvalue weighted by atomic mass is 10.1. The molecule has 0 aliphatic heterocycles. The molecule has 0 fully saturated rings. The Hall–Kier alpha value is -1.39. The number of hydrogen-bond donors (Lipinski definition) is 2. The molecule has 0 radical (unpaired) electrons. The van der Waals surface area contributed by atoms with E-state index in [2.05, 4.69) is 11.4 Å². The normalized spacial score (nSPS) is 15.3. The molecule has 0 saturated heterocycles. The maximum absolute atomic E-state index is 13.2. The van der Waals surface area contributed by atoms with E-state index >= 15 is 0 Å². The third-order valence-corrected chi connectivity index (χ3v) is 5.07. The van der Waals surface area contributed by atoms with Gasteiger partial charge in [-0.1, -0.05) is 0 Å². The Morgan fingerprint density at radius 2 is 2.20 bits per heavy atom.